The number of carbonyl (C=O) groups is 2. The number of aliphatic carboxylic acids is 1. The minimum absolute atomic E-state index is 0.438. The Kier molecular flexibility index (Phi) is 4.76. The number of amides is 2. The molecule has 0 saturated heterocycles. The fourth-order valence-corrected chi connectivity index (χ4v) is 1.28. The number of halogens is 2. The number of rotatable bonds is 4. The Bertz CT molecular complexity index is 494. The van der Waals surface area contributed by atoms with Crippen molar-refractivity contribution in [3.05, 3.63) is 29.8 Å². The van der Waals surface area contributed by atoms with Crippen molar-refractivity contribution in [2.24, 2.45) is 0 Å². The Morgan fingerprint density at radius 3 is 2.47 bits per heavy atom. The maximum Gasteiger partial charge on any atom is 0.328 e. The lowest BCUT2D eigenvalue weighted by atomic mass is 10.2. The molecule has 0 bridgehead atoms. The summed E-state index contributed by atoms with van der Waals surface area (Å²) in [6.07, 6.45) is -1.35. The van der Waals surface area contributed by atoms with Crippen LogP contribution in [0.1, 0.15) is 6.92 Å². The molecule has 8 heteroatoms. The lowest BCUT2D eigenvalue weighted by Crippen LogP contribution is -2.49. The molecule has 0 saturated carbocycles. The van der Waals surface area contributed by atoms with E-state index in [1.54, 1.807) is 0 Å². The van der Waals surface area contributed by atoms with E-state index >= 15 is 0 Å². The van der Waals surface area contributed by atoms with Gasteiger partial charge in [0, 0.05) is 6.07 Å². The molecule has 0 aliphatic carbocycles. The highest BCUT2D eigenvalue weighted by Gasteiger charge is 2.25. The van der Waals surface area contributed by atoms with E-state index in [-0.39, 0.29) is 0 Å². The quantitative estimate of drug-likeness (QED) is 0.656. The number of aliphatic hydroxyl groups is 1. The fraction of sp³-hybridized carbons (Fsp3) is 0.273. The van der Waals surface area contributed by atoms with Crippen LogP contribution in [0, 0.1) is 11.6 Å². The molecular weight excluding hydrogens is 262 g/mol. The maximum absolute atomic E-state index is 13.2. The Morgan fingerprint density at radius 1 is 1.32 bits per heavy atom. The minimum atomic E-state index is -1.56. The van der Waals surface area contributed by atoms with Crippen molar-refractivity contribution >= 4 is 17.7 Å². The van der Waals surface area contributed by atoms with Crippen LogP contribution >= 0.6 is 0 Å². The minimum Gasteiger partial charge on any atom is -0.480 e. The molecular formula is C11H12F2N2O4. The third-order valence-electron chi connectivity index (χ3n) is 2.21. The van der Waals surface area contributed by atoms with Gasteiger partial charge in [-0.1, -0.05) is 0 Å². The molecule has 2 amide bonds. The molecule has 6 nitrogen and oxygen atoms in total. The zero-order valence-electron chi connectivity index (χ0n) is 9.85. The molecule has 0 aliphatic rings. The molecule has 0 fully saturated rings. The Hall–Kier alpha value is -2.22. The zero-order valence-corrected chi connectivity index (χ0v) is 9.85. The summed E-state index contributed by atoms with van der Waals surface area (Å²) < 4.78 is 26.1. The Balaban J connectivity index is 2.74. The van der Waals surface area contributed by atoms with Crippen molar-refractivity contribution in [3.63, 3.8) is 0 Å². The summed E-state index contributed by atoms with van der Waals surface area (Å²) in [7, 11) is 0. The van der Waals surface area contributed by atoms with Gasteiger partial charge in [-0.15, -0.1) is 0 Å². The van der Waals surface area contributed by atoms with Gasteiger partial charge in [-0.25, -0.2) is 18.4 Å². The first kappa shape index (κ1) is 14.8. The lowest BCUT2D eigenvalue weighted by Gasteiger charge is -2.17. The highest BCUT2D eigenvalue weighted by Crippen LogP contribution is 2.15. The third kappa shape index (κ3) is 4.18. The number of hydrogen-bond donors (Lipinski definition) is 4. The highest BCUT2D eigenvalue weighted by molar-refractivity contribution is 5.92. The fourth-order valence-electron chi connectivity index (χ4n) is 1.28. The van der Waals surface area contributed by atoms with E-state index in [0.29, 0.717) is 0 Å². The van der Waals surface area contributed by atoms with Gasteiger partial charge in [0.2, 0.25) is 0 Å². The first-order chi connectivity index (χ1) is 8.81. The van der Waals surface area contributed by atoms with Crippen LogP contribution in [0.2, 0.25) is 0 Å². The van der Waals surface area contributed by atoms with Gasteiger partial charge in [0.15, 0.2) is 6.04 Å². The summed E-state index contributed by atoms with van der Waals surface area (Å²) in [5.74, 6) is -3.09. The molecule has 19 heavy (non-hydrogen) atoms. The normalized spacial score (nSPS) is 13.5. The van der Waals surface area contributed by atoms with E-state index in [1.807, 2.05) is 10.6 Å². The second-order valence-electron chi connectivity index (χ2n) is 3.78. The van der Waals surface area contributed by atoms with E-state index in [4.69, 9.17) is 10.2 Å². The van der Waals surface area contributed by atoms with Crippen molar-refractivity contribution in [1.29, 1.82) is 0 Å². The standard InChI is InChI=1S/C11H12F2N2O4/c1-5(16)9(10(17)18)15-11(19)14-8-4-6(12)2-3-7(8)13/h2-5,9,16H,1H3,(H,17,18)(H2,14,15,19). The largest absolute Gasteiger partial charge is 0.480 e. The molecule has 0 spiro atoms. The van der Waals surface area contributed by atoms with E-state index < -0.39 is 41.5 Å². The number of carboxylic acid groups (broad SMARTS) is 1. The number of anilines is 1. The molecule has 0 radical (unpaired) electrons. The predicted molar refractivity (Wildman–Crippen MR) is 61.6 cm³/mol. The molecule has 2 atom stereocenters. The number of aliphatic hydroxyl groups excluding tert-OH is 1. The maximum atomic E-state index is 13.2. The van der Waals surface area contributed by atoms with Crippen LogP contribution in [0.25, 0.3) is 0 Å². The molecule has 0 aliphatic heterocycles. The third-order valence-corrected chi connectivity index (χ3v) is 2.21. The van der Waals surface area contributed by atoms with Crippen molar-refractivity contribution in [2.45, 2.75) is 19.1 Å². The monoisotopic (exact) mass is 274 g/mol. The van der Waals surface area contributed by atoms with Crippen LogP contribution in [0.15, 0.2) is 18.2 Å². The van der Waals surface area contributed by atoms with E-state index in [9.17, 15) is 18.4 Å². The smallest absolute Gasteiger partial charge is 0.328 e. The van der Waals surface area contributed by atoms with Gasteiger partial charge in [-0.3, -0.25) is 0 Å². The van der Waals surface area contributed by atoms with Gasteiger partial charge in [-0.2, -0.15) is 0 Å². The average Bonchev–Trinajstić information content (AvgIpc) is 2.30. The summed E-state index contributed by atoms with van der Waals surface area (Å²) in [5, 5.41) is 21.7. The second-order valence-corrected chi connectivity index (χ2v) is 3.78. The van der Waals surface area contributed by atoms with Crippen LogP contribution in [0.3, 0.4) is 0 Å². The highest BCUT2D eigenvalue weighted by atomic mass is 19.1. The molecule has 4 N–H and O–H groups in total. The Morgan fingerprint density at radius 2 is 1.95 bits per heavy atom. The zero-order chi connectivity index (χ0) is 14.6. The van der Waals surface area contributed by atoms with Crippen molar-refractivity contribution in [1.82, 2.24) is 5.32 Å². The van der Waals surface area contributed by atoms with Gasteiger partial charge in [-0.05, 0) is 19.1 Å². The van der Waals surface area contributed by atoms with Gasteiger partial charge in [0.25, 0.3) is 0 Å². The number of hydrogen-bond acceptors (Lipinski definition) is 3. The van der Waals surface area contributed by atoms with Crippen LogP contribution < -0.4 is 10.6 Å². The number of benzene rings is 1. The summed E-state index contributed by atoms with van der Waals surface area (Å²) >= 11 is 0. The molecule has 1 aromatic rings. The predicted octanol–water partition coefficient (Wildman–Crippen LogP) is 0.920. The van der Waals surface area contributed by atoms with Crippen molar-refractivity contribution < 1.29 is 28.6 Å². The van der Waals surface area contributed by atoms with Gasteiger partial charge < -0.3 is 20.8 Å². The number of carboxylic acids is 1. The summed E-state index contributed by atoms with van der Waals surface area (Å²) in [6, 6.07) is -0.204. The first-order valence-electron chi connectivity index (χ1n) is 5.24. The number of urea groups is 1. The molecule has 0 aromatic heterocycles. The van der Waals surface area contributed by atoms with Crippen molar-refractivity contribution in [3.8, 4) is 0 Å². The van der Waals surface area contributed by atoms with E-state index in [0.717, 1.165) is 18.2 Å². The molecule has 2 unspecified atom stereocenters. The van der Waals surface area contributed by atoms with Gasteiger partial charge in [0.1, 0.15) is 11.6 Å². The number of carbonyl (C=O) groups excluding carboxylic acids is 1. The van der Waals surface area contributed by atoms with Crippen LogP contribution in [-0.4, -0.2) is 34.4 Å². The van der Waals surface area contributed by atoms with Crippen molar-refractivity contribution in [2.75, 3.05) is 5.32 Å². The molecule has 0 heterocycles. The summed E-state index contributed by atoms with van der Waals surface area (Å²) in [6.45, 7) is 1.17. The molecule has 1 rings (SSSR count). The van der Waals surface area contributed by atoms with Gasteiger partial charge in [0.05, 0.1) is 11.8 Å². The summed E-state index contributed by atoms with van der Waals surface area (Å²) in [4.78, 5) is 22.1. The average molecular weight is 274 g/mol. The van der Waals surface area contributed by atoms with Crippen LogP contribution in [0.5, 0.6) is 0 Å². The number of nitrogens with one attached hydrogen (secondary N) is 2. The first-order valence-corrected chi connectivity index (χ1v) is 5.24. The molecule has 104 valence electrons. The van der Waals surface area contributed by atoms with E-state index in [2.05, 4.69) is 0 Å². The Labute approximate surface area is 107 Å². The SMILES string of the molecule is CC(O)C(NC(=O)Nc1cc(F)ccc1F)C(=O)O. The van der Waals surface area contributed by atoms with Crippen LogP contribution in [0.4, 0.5) is 19.3 Å². The second kappa shape index (κ2) is 6.10. The van der Waals surface area contributed by atoms with Gasteiger partial charge >= 0.3 is 12.0 Å². The topological polar surface area (TPSA) is 98.7 Å². The lowest BCUT2D eigenvalue weighted by molar-refractivity contribution is -0.141. The van der Waals surface area contributed by atoms with E-state index in [1.165, 1.54) is 6.92 Å². The molecule has 1 aromatic carbocycles. The summed E-state index contributed by atoms with van der Waals surface area (Å²) in [5.41, 5.74) is -0.438. The van der Waals surface area contributed by atoms with Crippen LogP contribution in [-0.2, 0) is 4.79 Å².